The normalized spacial score (nSPS) is 44.5. The second-order valence-electron chi connectivity index (χ2n) is 17.8. The van der Waals surface area contributed by atoms with Gasteiger partial charge in [-0.2, -0.15) is 0 Å². The number of carbonyl (C=O) groups is 3. The van der Waals surface area contributed by atoms with Crippen molar-refractivity contribution in [2.75, 3.05) is 13.2 Å². The summed E-state index contributed by atoms with van der Waals surface area (Å²) in [6.07, 6.45) is -2.14. The summed E-state index contributed by atoms with van der Waals surface area (Å²) in [6.45, 7) is 14.1. The molecule has 13 heteroatoms. The molecule has 15 atom stereocenters. The molecule has 5 aliphatic rings. The van der Waals surface area contributed by atoms with Crippen LogP contribution in [0.4, 0.5) is 0 Å². The largest absolute Gasteiger partial charge is 0.462 e. The molecule has 53 heavy (non-hydrogen) atoms. The van der Waals surface area contributed by atoms with Gasteiger partial charge in [0.2, 0.25) is 0 Å². The highest BCUT2D eigenvalue weighted by Crippen LogP contribution is 2.69. The van der Waals surface area contributed by atoms with Gasteiger partial charge in [-0.05, 0) is 75.2 Å². The Morgan fingerprint density at radius 2 is 1.68 bits per heavy atom. The molecule has 3 saturated carbocycles. The number of ketones is 1. The first kappa shape index (κ1) is 41.9. The maximum Gasteiger partial charge on any atom is 0.302 e. The van der Waals surface area contributed by atoms with Crippen LogP contribution in [-0.4, -0.2) is 116 Å². The summed E-state index contributed by atoms with van der Waals surface area (Å²) in [6, 6.07) is 0. The fourth-order valence-electron chi connectivity index (χ4n) is 11.4. The fourth-order valence-corrected chi connectivity index (χ4v) is 11.4. The van der Waals surface area contributed by atoms with Crippen molar-refractivity contribution < 1.29 is 64.0 Å². The number of hydrogen-bond acceptors (Lipinski definition) is 13. The third kappa shape index (κ3) is 7.41. The lowest BCUT2D eigenvalue weighted by Crippen LogP contribution is -2.60. The lowest BCUT2D eigenvalue weighted by molar-refractivity contribution is -0.299. The van der Waals surface area contributed by atoms with E-state index in [1.54, 1.807) is 6.08 Å². The molecule has 0 aromatic rings. The third-order valence-corrected chi connectivity index (χ3v) is 14.0. The first-order valence-electron chi connectivity index (χ1n) is 19.2. The lowest BCUT2D eigenvalue weighted by atomic mass is 9.50. The van der Waals surface area contributed by atoms with Crippen molar-refractivity contribution in [1.82, 2.24) is 0 Å². The van der Waals surface area contributed by atoms with Crippen molar-refractivity contribution in [3.63, 3.8) is 0 Å². The van der Waals surface area contributed by atoms with Crippen LogP contribution < -0.4 is 0 Å². The highest BCUT2D eigenvalue weighted by atomic mass is 16.7. The molecule has 0 unspecified atom stereocenters. The third-order valence-electron chi connectivity index (χ3n) is 14.0. The minimum absolute atomic E-state index is 0.0711. The second-order valence-corrected chi connectivity index (χ2v) is 17.8. The quantitative estimate of drug-likeness (QED) is 0.140. The topological polar surface area (TPSA) is 210 Å². The maximum absolute atomic E-state index is 14.5. The summed E-state index contributed by atoms with van der Waals surface area (Å²) in [5.41, 5.74) is -2.08. The van der Waals surface area contributed by atoms with Gasteiger partial charge < -0.3 is 49.6 Å². The van der Waals surface area contributed by atoms with Crippen molar-refractivity contribution in [3.05, 3.63) is 23.3 Å². The minimum Gasteiger partial charge on any atom is -0.462 e. The molecule has 5 rings (SSSR count). The molecule has 13 nitrogen and oxygen atoms in total. The average molecular weight is 751 g/mol. The van der Waals surface area contributed by atoms with Crippen LogP contribution in [0.25, 0.3) is 0 Å². The van der Waals surface area contributed by atoms with Crippen molar-refractivity contribution in [2.45, 2.75) is 155 Å². The van der Waals surface area contributed by atoms with Crippen LogP contribution in [0, 0.1) is 39.9 Å². The summed E-state index contributed by atoms with van der Waals surface area (Å²) >= 11 is 0. The van der Waals surface area contributed by atoms with Crippen molar-refractivity contribution >= 4 is 17.7 Å². The Hall–Kier alpha value is -2.23. The first-order valence-corrected chi connectivity index (χ1v) is 19.2. The SMILES string of the molecule is CC(=O)O[C@H]1C[C@@H]2C(=CC(=O)[C@]3(C)[C@@H]([C@H](C)CC/C=C(\C)CO[C@@H]4O[C@H](CO)[C@@H](O)[C@H](O)[C@H]4O)[C@@H](O)C[C@@]23C)C[C@]2(O)CC[C@H](OC(C)=O)C(C)(C)[C@H]12. The molecule has 0 radical (unpaired) electrons. The molecule has 1 saturated heterocycles. The number of carbonyl (C=O) groups excluding carboxylic acids is 3. The summed E-state index contributed by atoms with van der Waals surface area (Å²) < 4.78 is 22.9. The number of esters is 2. The monoisotopic (exact) mass is 750 g/mol. The Morgan fingerprint density at radius 3 is 2.30 bits per heavy atom. The number of hydrogen-bond donors (Lipinski definition) is 6. The van der Waals surface area contributed by atoms with Gasteiger partial charge in [0.25, 0.3) is 0 Å². The molecule has 1 heterocycles. The molecule has 0 amide bonds. The molecule has 0 aromatic heterocycles. The molecule has 0 bridgehead atoms. The zero-order chi connectivity index (χ0) is 39.4. The molecule has 0 aromatic carbocycles. The Labute approximate surface area is 312 Å². The standard InChI is InChI=1S/C40H62O13/c1-20(19-50-36-34(48)33(47)32(46)28(18-41)53-36)10-9-11-21(2)31-26(44)17-38(7)25-15-27(51-22(3)42)35-37(5,6)30(52-23(4)43)12-13-40(35,49)16-24(25)14-29(45)39(31,38)8/h10,14,21,25-28,30-36,41,44,46-49H,9,11-13,15-19H2,1-8H3/b20-10+/t21-,25-,26+,27+,28-,30+,31+,32-,33+,34-,35+,36-,38+,39-,40-/m1/s1. The van der Waals surface area contributed by atoms with Gasteiger partial charge in [-0.25, -0.2) is 0 Å². The van der Waals surface area contributed by atoms with Gasteiger partial charge in [-0.1, -0.05) is 51.8 Å². The zero-order valence-electron chi connectivity index (χ0n) is 32.5. The van der Waals surface area contributed by atoms with E-state index in [0.717, 1.165) is 11.1 Å². The van der Waals surface area contributed by atoms with Crippen LogP contribution in [-0.2, 0) is 33.3 Å². The first-order chi connectivity index (χ1) is 24.6. The maximum atomic E-state index is 14.5. The lowest BCUT2D eigenvalue weighted by Gasteiger charge is -2.54. The van der Waals surface area contributed by atoms with Crippen molar-refractivity contribution in [2.24, 2.45) is 39.9 Å². The van der Waals surface area contributed by atoms with Gasteiger partial charge in [0, 0.05) is 36.5 Å². The highest BCUT2D eigenvalue weighted by Gasteiger charge is 2.70. The van der Waals surface area contributed by atoms with E-state index in [4.69, 9.17) is 18.9 Å². The number of ether oxygens (including phenoxy) is 4. The summed E-state index contributed by atoms with van der Waals surface area (Å²) in [7, 11) is 0. The summed E-state index contributed by atoms with van der Waals surface area (Å²) in [4.78, 5) is 39.2. The Kier molecular flexibility index (Phi) is 12.2. The molecule has 1 aliphatic heterocycles. The van der Waals surface area contributed by atoms with E-state index in [1.165, 1.54) is 13.8 Å². The summed E-state index contributed by atoms with van der Waals surface area (Å²) in [5.74, 6) is -2.24. The van der Waals surface area contributed by atoms with Gasteiger partial charge in [0.15, 0.2) is 12.1 Å². The zero-order valence-corrected chi connectivity index (χ0v) is 32.5. The minimum atomic E-state index is -1.53. The molecule has 0 spiro atoms. The van der Waals surface area contributed by atoms with Gasteiger partial charge in [-0.15, -0.1) is 0 Å². The molecular weight excluding hydrogens is 688 g/mol. The summed E-state index contributed by atoms with van der Waals surface area (Å²) in [5, 5.41) is 64.1. The average Bonchev–Trinajstić information content (AvgIpc) is 3.18. The van der Waals surface area contributed by atoms with E-state index in [0.29, 0.717) is 38.5 Å². The fraction of sp³-hybridized carbons (Fsp3) is 0.825. The Bertz CT molecular complexity index is 1460. The van der Waals surface area contributed by atoms with Gasteiger partial charge in [0.05, 0.1) is 24.9 Å². The predicted octanol–water partition coefficient (Wildman–Crippen LogP) is 2.51. The Balaban J connectivity index is 1.35. The van der Waals surface area contributed by atoms with Crippen LogP contribution >= 0.6 is 0 Å². The number of rotatable bonds is 10. The van der Waals surface area contributed by atoms with Crippen molar-refractivity contribution in [3.8, 4) is 0 Å². The number of aliphatic hydroxyl groups excluding tert-OH is 5. The van der Waals surface area contributed by atoms with E-state index in [1.807, 2.05) is 33.8 Å². The van der Waals surface area contributed by atoms with Crippen molar-refractivity contribution in [1.29, 1.82) is 0 Å². The molecule has 4 fully saturated rings. The van der Waals surface area contributed by atoms with Crippen LogP contribution in [0.3, 0.4) is 0 Å². The van der Waals surface area contributed by atoms with Crippen LogP contribution in [0.1, 0.15) is 100 Å². The molecule has 300 valence electrons. The van der Waals surface area contributed by atoms with Crippen LogP contribution in [0.5, 0.6) is 0 Å². The van der Waals surface area contributed by atoms with Crippen LogP contribution in [0.15, 0.2) is 23.3 Å². The van der Waals surface area contributed by atoms with E-state index in [-0.39, 0.29) is 36.6 Å². The Morgan fingerprint density at radius 1 is 1.02 bits per heavy atom. The van der Waals surface area contributed by atoms with E-state index >= 15 is 0 Å². The van der Waals surface area contributed by atoms with Gasteiger partial charge in [0.1, 0.15) is 36.6 Å². The van der Waals surface area contributed by atoms with Crippen LogP contribution in [0.2, 0.25) is 0 Å². The van der Waals surface area contributed by atoms with E-state index < -0.39 is 95.3 Å². The molecule has 4 aliphatic carbocycles. The number of aliphatic hydroxyl groups is 6. The van der Waals surface area contributed by atoms with Gasteiger partial charge in [-0.3, -0.25) is 14.4 Å². The van der Waals surface area contributed by atoms with Gasteiger partial charge >= 0.3 is 11.9 Å². The van der Waals surface area contributed by atoms with E-state index in [9.17, 15) is 45.0 Å². The van der Waals surface area contributed by atoms with E-state index in [2.05, 4.69) is 13.8 Å². The highest BCUT2D eigenvalue weighted by molar-refractivity contribution is 5.98. The number of allylic oxidation sites excluding steroid dienone is 2. The molecule has 6 N–H and O–H groups in total. The molecular formula is C40H62O13. The predicted molar refractivity (Wildman–Crippen MR) is 191 cm³/mol. The second kappa shape index (κ2) is 15.4. The number of fused-ring (bicyclic) bond motifs is 4. The smallest absolute Gasteiger partial charge is 0.302 e.